The molecule has 18 heavy (non-hydrogen) atoms. The second-order valence-electron chi connectivity index (χ2n) is 5.59. The number of likely N-dealkylation sites (N-methyl/N-ethyl adjacent to an activating group) is 1. The van der Waals surface area contributed by atoms with Crippen molar-refractivity contribution in [2.75, 3.05) is 13.6 Å². The second kappa shape index (κ2) is 5.15. The van der Waals surface area contributed by atoms with Gasteiger partial charge in [0.05, 0.1) is 0 Å². The number of rotatable bonds is 4. The summed E-state index contributed by atoms with van der Waals surface area (Å²) in [7, 11) is 2.03. The van der Waals surface area contributed by atoms with Crippen LogP contribution in [0.15, 0.2) is 18.2 Å². The van der Waals surface area contributed by atoms with Crippen molar-refractivity contribution in [2.24, 2.45) is 5.92 Å². The molecule has 1 aromatic heterocycles. The third-order valence-corrected chi connectivity index (χ3v) is 3.99. The maximum atomic E-state index is 3.44. The summed E-state index contributed by atoms with van der Waals surface area (Å²) in [5.41, 5.74) is 5.34. The van der Waals surface area contributed by atoms with Crippen molar-refractivity contribution >= 4 is 10.9 Å². The molecule has 0 saturated carbocycles. The van der Waals surface area contributed by atoms with Crippen LogP contribution < -0.4 is 5.32 Å². The number of benzene rings is 1. The fourth-order valence-corrected chi connectivity index (χ4v) is 2.67. The predicted molar refractivity (Wildman–Crippen MR) is 79.3 cm³/mol. The zero-order chi connectivity index (χ0) is 13.3. The van der Waals surface area contributed by atoms with Gasteiger partial charge in [0.2, 0.25) is 0 Å². The van der Waals surface area contributed by atoms with Crippen molar-refractivity contribution in [3.8, 4) is 0 Å². The van der Waals surface area contributed by atoms with Crippen molar-refractivity contribution in [2.45, 2.75) is 33.6 Å². The molecule has 0 amide bonds. The first-order valence-electron chi connectivity index (χ1n) is 6.78. The van der Waals surface area contributed by atoms with E-state index in [2.05, 4.69) is 56.2 Å². The molecule has 2 nitrogen and oxygen atoms in total. The summed E-state index contributed by atoms with van der Waals surface area (Å²) >= 11 is 0. The SMILES string of the molecule is CNCC(c1ccc2[nH]c(C)c(C)c2c1)C(C)C. The highest BCUT2D eigenvalue weighted by Crippen LogP contribution is 2.29. The van der Waals surface area contributed by atoms with Crippen LogP contribution >= 0.6 is 0 Å². The van der Waals surface area contributed by atoms with Gasteiger partial charge in [-0.25, -0.2) is 0 Å². The average molecular weight is 244 g/mol. The van der Waals surface area contributed by atoms with Crippen LogP contribution in [0.3, 0.4) is 0 Å². The molecule has 2 rings (SSSR count). The van der Waals surface area contributed by atoms with Crippen molar-refractivity contribution < 1.29 is 0 Å². The number of hydrogen-bond acceptors (Lipinski definition) is 1. The fourth-order valence-electron chi connectivity index (χ4n) is 2.67. The first-order valence-corrected chi connectivity index (χ1v) is 6.78. The van der Waals surface area contributed by atoms with Gasteiger partial charge in [-0.3, -0.25) is 0 Å². The lowest BCUT2D eigenvalue weighted by atomic mass is 9.87. The van der Waals surface area contributed by atoms with Gasteiger partial charge in [-0.05, 0) is 56.0 Å². The number of H-pyrrole nitrogens is 1. The Labute approximate surface area is 110 Å². The molecule has 0 aliphatic carbocycles. The molecule has 0 bridgehead atoms. The van der Waals surface area contributed by atoms with Gasteiger partial charge in [0.25, 0.3) is 0 Å². The fraction of sp³-hybridized carbons (Fsp3) is 0.500. The number of aromatic amines is 1. The van der Waals surface area contributed by atoms with E-state index in [0.717, 1.165) is 6.54 Å². The van der Waals surface area contributed by atoms with Gasteiger partial charge in [0, 0.05) is 23.1 Å². The number of aromatic nitrogens is 1. The first kappa shape index (κ1) is 13.2. The summed E-state index contributed by atoms with van der Waals surface area (Å²) in [5.74, 6) is 1.23. The number of nitrogens with one attached hydrogen (secondary N) is 2. The smallest absolute Gasteiger partial charge is 0.0458 e. The minimum absolute atomic E-state index is 0.578. The standard InChI is InChI=1S/C16H24N2/c1-10(2)15(9-17-5)13-6-7-16-14(8-13)11(3)12(4)18-16/h6-8,10,15,17-18H,9H2,1-5H3. The molecule has 0 radical (unpaired) electrons. The summed E-state index contributed by atoms with van der Waals surface area (Å²) in [4.78, 5) is 3.44. The van der Waals surface area contributed by atoms with Crippen molar-refractivity contribution in [1.29, 1.82) is 0 Å². The lowest BCUT2D eigenvalue weighted by Crippen LogP contribution is -2.21. The quantitative estimate of drug-likeness (QED) is 0.842. The summed E-state index contributed by atoms with van der Waals surface area (Å²) in [6.45, 7) is 9.96. The zero-order valence-corrected chi connectivity index (χ0v) is 12.1. The largest absolute Gasteiger partial charge is 0.358 e. The summed E-state index contributed by atoms with van der Waals surface area (Å²) in [6.07, 6.45) is 0. The summed E-state index contributed by atoms with van der Waals surface area (Å²) < 4.78 is 0. The van der Waals surface area contributed by atoms with E-state index in [1.54, 1.807) is 0 Å². The first-order chi connectivity index (χ1) is 8.54. The molecular weight excluding hydrogens is 220 g/mol. The Kier molecular flexibility index (Phi) is 3.76. The molecule has 0 spiro atoms. The van der Waals surface area contributed by atoms with E-state index in [9.17, 15) is 0 Å². The number of aryl methyl sites for hydroxylation is 2. The molecule has 2 N–H and O–H groups in total. The lowest BCUT2D eigenvalue weighted by molar-refractivity contribution is 0.479. The van der Waals surface area contributed by atoms with Gasteiger partial charge in [-0.1, -0.05) is 19.9 Å². The summed E-state index contributed by atoms with van der Waals surface area (Å²) in [6, 6.07) is 6.84. The Morgan fingerprint density at radius 3 is 2.56 bits per heavy atom. The molecule has 0 fully saturated rings. The second-order valence-corrected chi connectivity index (χ2v) is 5.59. The maximum absolute atomic E-state index is 3.44. The van der Waals surface area contributed by atoms with Gasteiger partial charge in [0.1, 0.15) is 0 Å². The van der Waals surface area contributed by atoms with E-state index in [1.807, 2.05) is 7.05 Å². The Balaban J connectivity index is 2.47. The molecule has 2 aromatic rings. The van der Waals surface area contributed by atoms with Crippen LogP contribution in [0.5, 0.6) is 0 Å². The van der Waals surface area contributed by atoms with E-state index in [4.69, 9.17) is 0 Å². The highest BCUT2D eigenvalue weighted by atomic mass is 14.8. The molecule has 0 saturated heterocycles. The normalized spacial score (nSPS) is 13.4. The van der Waals surface area contributed by atoms with Crippen LogP contribution in [0.2, 0.25) is 0 Å². The molecule has 0 aliphatic heterocycles. The molecule has 98 valence electrons. The Bertz CT molecular complexity index is 537. The highest BCUT2D eigenvalue weighted by molar-refractivity contribution is 5.85. The van der Waals surface area contributed by atoms with E-state index in [1.165, 1.54) is 27.7 Å². The van der Waals surface area contributed by atoms with Crippen LogP contribution in [0.1, 0.15) is 36.6 Å². The van der Waals surface area contributed by atoms with Gasteiger partial charge >= 0.3 is 0 Å². The van der Waals surface area contributed by atoms with Gasteiger partial charge < -0.3 is 10.3 Å². The van der Waals surface area contributed by atoms with Gasteiger partial charge in [0.15, 0.2) is 0 Å². The molecule has 2 heteroatoms. The predicted octanol–water partition coefficient (Wildman–Crippen LogP) is 3.74. The minimum atomic E-state index is 0.578. The van der Waals surface area contributed by atoms with Crippen LogP contribution in [0, 0.1) is 19.8 Å². The molecule has 1 atom stereocenters. The van der Waals surface area contributed by atoms with Crippen LogP contribution in [-0.2, 0) is 0 Å². The number of fused-ring (bicyclic) bond motifs is 1. The minimum Gasteiger partial charge on any atom is -0.358 e. The van der Waals surface area contributed by atoms with Crippen LogP contribution in [0.25, 0.3) is 10.9 Å². The van der Waals surface area contributed by atoms with E-state index >= 15 is 0 Å². The third kappa shape index (κ3) is 2.30. The monoisotopic (exact) mass is 244 g/mol. The highest BCUT2D eigenvalue weighted by Gasteiger charge is 2.16. The molecule has 1 aromatic carbocycles. The topological polar surface area (TPSA) is 27.8 Å². The molecule has 0 aliphatic rings. The Morgan fingerprint density at radius 1 is 1.22 bits per heavy atom. The van der Waals surface area contributed by atoms with Crippen molar-refractivity contribution in [3.05, 3.63) is 35.0 Å². The Hall–Kier alpha value is -1.28. The maximum Gasteiger partial charge on any atom is 0.0458 e. The average Bonchev–Trinajstić information content (AvgIpc) is 2.62. The number of hydrogen-bond donors (Lipinski definition) is 2. The zero-order valence-electron chi connectivity index (χ0n) is 12.1. The van der Waals surface area contributed by atoms with E-state index in [-0.39, 0.29) is 0 Å². The van der Waals surface area contributed by atoms with Crippen LogP contribution in [0.4, 0.5) is 0 Å². The summed E-state index contributed by atoms with van der Waals surface area (Å²) in [5, 5.41) is 4.68. The molecular formula is C16H24N2. The van der Waals surface area contributed by atoms with E-state index < -0.39 is 0 Å². The van der Waals surface area contributed by atoms with Gasteiger partial charge in [-0.15, -0.1) is 0 Å². The molecule has 1 unspecified atom stereocenters. The van der Waals surface area contributed by atoms with Crippen molar-refractivity contribution in [3.63, 3.8) is 0 Å². The van der Waals surface area contributed by atoms with E-state index in [0.29, 0.717) is 11.8 Å². The third-order valence-electron chi connectivity index (χ3n) is 3.99. The van der Waals surface area contributed by atoms with Gasteiger partial charge in [-0.2, -0.15) is 0 Å². The lowest BCUT2D eigenvalue weighted by Gasteiger charge is -2.21. The molecule has 1 heterocycles. The Morgan fingerprint density at radius 2 is 1.94 bits per heavy atom. The van der Waals surface area contributed by atoms with Crippen LogP contribution in [-0.4, -0.2) is 18.6 Å². The van der Waals surface area contributed by atoms with Crippen molar-refractivity contribution in [1.82, 2.24) is 10.3 Å².